The minimum atomic E-state index is -0.687. The van der Waals surface area contributed by atoms with Crippen molar-refractivity contribution in [3.63, 3.8) is 0 Å². The lowest BCUT2D eigenvalue weighted by Crippen LogP contribution is -2.33. The molecule has 29 heavy (non-hydrogen) atoms. The summed E-state index contributed by atoms with van der Waals surface area (Å²) in [6.07, 6.45) is 4.10. The van der Waals surface area contributed by atoms with Crippen LogP contribution >= 0.6 is 0 Å². The normalized spacial score (nSPS) is 18.6. The van der Waals surface area contributed by atoms with Crippen LogP contribution in [0.25, 0.3) is 5.76 Å². The molecule has 1 aliphatic rings. The van der Waals surface area contributed by atoms with Crippen LogP contribution < -0.4 is 0 Å². The highest BCUT2D eigenvalue weighted by molar-refractivity contribution is 6.46. The van der Waals surface area contributed by atoms with Gasteiger partial charge in [0.1, 0.15) is 5.76 Å². The molecule has 1 aromatic heterocycles. The fourth-order valence-corrected chi connectivity index (χ4v) is 3.44. The monoisotopic (exact) mass is 394 g/mol. The smallest absolute Gasteiger partial charge is 0.295 e. The minimum Gasteiger partial charge on any atom is -0.507 e. The van der Waals surface area contributed by atoms with Crippen molar-refractivity contribution < 1.29 is 19.4 Å². The lowest BCUT2D eigenvalue weighted by Gasteiger charge is -2.25. The summed E-state index contributed by atoms with van der Waals surface area (Å²) in [4.78, 5) is 31.1. The number of ketones is 1. The number of hydrogen-bond donors (Lipinski definition) is 1. The second kappa shape index (κ2) is 9.01. The summed E-state index contributed by atoms with van der Waals surface area (Å²) in [5.74, 6) is -1.49. The van der Waals surface area contributed by atoms with Crippen molar-refractivity contribution >= 4 is 17.4 Å². The molecule has 1 amide bonds. The zero-order chi connectivity index (χ0) is 21.0. The number of carbonyl (C=O) groups is 2. The largest absolute Gasteiger partial charge is 0.507 e. The molecule has 1 atom stereocenters. The van der Waals surface area contributed by atoms with E-state index in [0.29, 0.717) is 12.2 Å². The molecule has 1 fully saturated rings. The van der Waals surface area contributed by atoms with E-state index in [-0.39, 0.29) is 24.0 Å². The third-order valence-electron chi connectivity index (χ3n) is 4.98. The topological polar surface area (TPSA) is 79.7 Å². The van der Waals surface area contributed by atoms with E-state index in [0.717, 1.165) is 17.5 Å². The molecule has 6 nitrogen and oxygen atoms in total. The summed E-state index contributed by atoms with van der Waals surface area (Å²) in [5.41, 5.74) is 2.45. The fourth-order valence-electron chi connectivity index (χ4n) is 3.44. The van der Waals surface area contributed by atoms with Crippen LogP contribution in [0.15, 0.2) is 54.4 Å². The van der Waals surface area contributed by atoms with Crippen molar-refractivity contribution in [2.24, 2.45) is 0 Å². The number of aliphatic hydroxyl groups excluding tert-OH is 1. The van der Waals surface area contributed by atoms with Crippen molar-refractivity contribution in [2.75, 3.05) is 13.2 Å². The van der Waals surface area contributed by atoms with Crippen molar-refractivity contribution in [1.82, 2.24) is 9.88 Å². The molecule has 1 saturated heterocycles. The highest BCUT2D eigenvalue weighted by atomic mass is 16.5. The van der Waals surface area contributed by atoms with Crippen molar-refractivity contribution in [3.05, 3.63) is 71.1 Å². The number of carbonyl (C=O) groups excluding carboxylic acids is 2. The molecule has 0 bridgehead atoms. The Morgan fingerprint density at radius 2 is 1.79 bits per heavy atom. The number of ether oxygens (including phenoxy) is 1. The third kappa shape index (κ3) is 4.38. The highest BCUT2D eigenvalue weighted by Crippen LogP contribution is 2.39. The van der Waals surface area contributed by atoms with Gasteiger partial charge in [-0.2, -0.15) is 0 Å². The molecular weight excluding hydrogens is 368 g/mol. The first kappa shape index (κ1) is 20.7. The summed E-state index contributed by atoms with van der Waals surface area (Å²) in [7, 11) is 0. The molecule has 0 aliphatic carbocycles. The lowest BCUT2D eigenvalue weighted by atomic mass is 9.95. The van der Waals surface area contributed by atoms with Crippen molar-refractivity contribution in [2.45, 2.75) is 39.3 Å². The van der Waals surface area contributed by atoms with Crippen LogP contribution in [-0.2, 0) is 20.7 Å². The molecule has 1 unspecified atom stereocenters. The van der Waals surface area contributed by atoms with Gasteiger partial charge in [0.15, 0.2) is 0 Å². The number of pyridine rings is 1. The molecule has 0 radical (unpaired) electrons. The molecule has 0 spiro atoms. The fraction of sp³-hybridized carbons (Fsp3) is 0.348. The molecule has 1 aliphatic heterocycles. The van der Waals surface area contributed by atoms with Gasteiger partial charge < -0.3 is 14.7 Å². The molecule has 6 heteroatoms. The third-order valence-corrected chi connectivity index (χ3v) is 4.98. The number of nitrogens with zero attached hydrogens (tertiary/aromatic N) is 2. The molecule has 2 heterocycles. The second-order valence-electron chi connectivity index (χ2n) is 7.24. The maximum atomic E-state index is 12.9. The van der Waals surface area contributed by atoms with Crippen molar-refractivity contribution in [3.8, 4) is 0 Å². The number of rotatable bonds is 7. The number of aromatic nitrogens is 1. The highest BCUT2D eigenvalue weighted by Gasteiger charge is 2.45. The van der Waals surface area contributed by atoms with Crippen LogP contribution in [0.1, 0.15) is 43.5 Å². The number of hydrogen-bond acceptors (Lipinski definition) is 5. The van der Waals surface area contributed by atoms with Crippen LogP contribution in [0, 0.1) is 0 Å². The number of Topliss-reactive ketones (excluding diaryl/α,β-unsaturated/α-hetero) is 1. The molecular formula is C23H26N2O4. The molecule has 1 aromatic carbocycles. The Labute approximate surface area is 170 Å². The van der Waals surface area contributed by atoms with E-state index < -0.39 is 17.7 Å². The van der Waals surface area contributed by atoms with Crippen LogP contribution in [-0.4, -0.2) is 45.9 Å². The average molecular weight is 394 g/mol. The first-order chi connectivity index (χ1) is 13.9. The summed E-state index contributed by atoms with van der Waals surface area (Å²) < 4.78 is 5.58. The van der Waals surface area contributed by atoms with Gasteiger partial charge in [-0.1, -0.05) is 31.2 Å². The first-order valence-corrected chi connectivity index (χ1v) is 9.83. The number of likely N-dealkylation sites (tertiary alicyclic amines) is 1. The van der Waals surface area contributed by atoms with Gasteiger partial charge in [-0.05, 0) is 43.5 Å². The predicted octanol–water partition coefficient (Wildman–Crippen LogP) is 3.49. The van der Waals surface area contributed by atoms with E-state index in [1.165, 1.54) is 4.90 Å². The lowest BCUT2D eigenvalue weighted by molar-refractivity contribution is -0.140. The Hall–Kier alpha value is -2.99. The molecule has 1 N–H and O–H groups in total. The number of aliphatic hydroxyl groups is 1. The van der Waals surface area contributed by atoms with Gasteiger partial charge in [0, 0.05) is 24.5 Å². The SMILES string of the molecule is CCc1ccc(/C(O)=C2/C(=O)C(=O)N(CCOC(C)C)C2c2ccncc2)cc1. The summed E-state index contributed by atoms with van der Waals surface area (Å²) in [6, 6.07) is 10.2. The van der Waals surface area contributed by atoms with Crippen molar-refractivity contribution in [1.29, 1.82) is 0 Å². The van der Waals surface area contributed by atoms with Crippen LogP contribution in [0.4, 0.5) is 0 Å². The molecule has 2 aromatic rings. The Kier molecular flexibility index (Phi) is 6.44. The molecule has 3 rings (SSSR count). The van der Waals surface area contributed by atoms with Gasteiger partial charge in [-0.25, -0.2) is 0 Å². The number of amides is 1. The summed E-state index contributed by atoms with van der Waals surface area (Å²) in [5, 5.41) is 11.0. The van der Waals surface area contributed by atoms with E-state index in [4.69, 9.17) is 4.74 Å². The maximum absolute atomic E-state index is 12.9. The molecule has 152 valence electrons. The zero-order valence-electron chi connectivity index (χ0n) is 17.0. The van der Waals surface area contributed by atoms with Gasteiger partial charge in [-0.15, -0.1) is 0 Å². The summed E-state index contributed by atoms with van der Waals surface area (Å²) in [6.45, 7) is 6.42. The van der Waals surface area contributed by atoms with E-state index in [2.05, 4.69) is 4.98 Å². The van der Waals surface area contributed by atoms with Gasteiger partial charge in [0.2, 0.25) is 0 Å². The van der Waals surface area contributed by atoms with Gasteiger partial charge in [0.05, 0.1) is 24.3 Å². The Morgan fingerprint density at radius 1 is 1.14 bits per heavy atom. The second-order valence-corrected chi connectivity index (χ2v) is 7.24. The minimum absolute atomic E-state index is 0.0169. The maximum Gasteiger partial charge on any atom is 0.295 e. The quantitative estimate of drug-likeness (QED) is 0.442. The zero-order valence-corrected chi connectivity index (χ0v) is 17.0. The standard InChI is InChI=1S/C23H26N2O4/c1-4-16-5-7-18(8-6-16)21(26)19-20(17-9-11-24-12-10-17)25(23(28)22(19)27)13-14-29-15(2)3/h5-12,15,20,26H,4,13-14H2,1-3H3/b21-19-. The van der Waals surface area contributed by atoms with Gasteiger partial charge in [0.25, 0.3) is 11.7 Å². The van der Waals surface area contributed by atoms with E-state index in [9.17, 15) is 14.7 Å². The van der Waals surface area contributed by atoms with Crippen LogP contribution in [0.3, 0.4) is 0 Å². The van der Waals surface area contributed by atoms with E-state index >= 15 is 0 Å². The van der Waals surface area contributed by atoms with Crippen LogP contribution in [0.5, 0.6) is 0 Å². The average Bonchev–Trinajstić information content (AvgIpc) is 2.98. The Morgan fingerprint density at radius 3 is 2.38 bits per heavy atom. The number of aryl methyl sites for hydroxylation is 1. The van der Waals surface area contributed by atoms with E-state index in [1.54, 1.807) is 36.7 Å². The van der Waals surface area contributed by atoms with E-state index in [1.807, 2.05) is 32.9 Å². The van der Waals surface area contributed by atoms with Gasteiger partial charge in [-0.3, -0.25) is 14.6 Å². The van der Waals surface area contributed by atoms with Gasteiger partial charge >= 0.3 is 0 Å². The predicted molar refractivity (Wildman–Crippen MR) is 110 cm³/mol. The van der Waals surface area contributed by atoms with Crippen LogP contribution in [0.2, 0.25) is 0 Å². The first-order valence-electron chi connectivity index (χ1n) is 9.83. The molecule has 0 saturated carbocycles. The Balaban J connectivity index is 2.05. The summed E-state index contributed by atoms with van der Waals surface area (Å²) >= 11 is 0. The Bertz CT molecular complexity index is 904. The number of benzene rings is 1.